The van der Waals surface area contributed by atoms with Crippen molar-refractivity contribution in [1.82, 2.24) is 4.90 Å². The summed E-state index contributed by atoms with van der Waals surface area (Å²) in [6.45, 7) is 9.59. The summed E-state index contributed by atoms with van der Waals surface area (Å²) in [7, 11) is 0. The van der Waals surface area contributed by atoms with Crippen molar-refractivity contribution in [3.05, 3.63) is 0 Å². The van der Waals surface area contributed by atoms with Crippen LogP contribution < -0.4 is 5.73 Å². The molecule has 0 rings (SSSR count). The second kappa shape index (κ2) is 5.97. The normalized spacial score (nSPS) is 15.2. The topological polar surface area (TPSA) is 46.3 Å². The van der Waals surface area contributed by atoms with Gasteiger partial charge >= 0.3 is 0 Å². The summed E-state index contributed by atoms with van der Waals surface area (Å²) in [6.07, 6.45) is 1.10. The Balaban J connectivity index is 4.10. The van der Waals surface area contributed by atoms with Crippen LogP contribution in [0.15, 0.2) is 0 Å². The molecule has 0 aliphatic carbocycles. The molecule has 2 atom stereocenters. The maximum absolute atomic E-state index is 11.5. The molecule has 2 N–H and O–H groups in total. The van der Waals surface area contributed by atoms with E-state index in [1.165, 1.54) is 0 Å². The molecule has 1 amide bonds. The molecule has 3 nitrogen and oxygen atoms in total. The first-order valence-corrected chi connectivity index (χ1v) is 5.07. The van der Waals surface area contributed by atoms with Crippen molar-refractivity contribution in [2.45, 2.75) is 40.2 Å². The van der Waals surface area contributed by atoms with Crippen LogP contribution in [0.5, 0.6) is 0 Å². The Hall–Kier alpha value is -0.570. The standard InChI is InChI=1S/C10H22N2O/c1-5-8(3)7-12(6-2)10(13)9(4)11/h8-9H,5-7,11H2,1-4H3/t8?,9-/m0/s1. The summed E-state index contributed by atoms with van der Waals surface area (Å²) in [6, 6.07) is -0.371. The molecule has 0 fully saturated rings. The van der Waals surface area contributed by atoms with Crippen LogP contribution in [0.4, 0.5) is 0 Å². The minimum atomic E-state index is -0.371. The highest BCUT2D eigenvalue weighted by Gasteiger charge is 2.16. The zero-order valence-electron chi connectivity index (χ0n) is 9.21. The fourth-order valence-electron chi connectivity index (χ4n) is 1.17. The Morgan fingerprint density at radius 2 is 1.92 bits per heavy atom. The van der Waals surface area contributed by atoms with Gasteiger partial charge in [0.1, 0.15) is 0 Å². The van der Waals surface area contributed by atoms with E-state index in [1.807, 2.05) is 11.8 Å². The summed E-state index contributed by atoms with van der Waals surface area (Å²) >= 11 is 0. The summed E-state index contributed by atoms with van der Waals surface area (Å²) in [4.78, 5) is 13.4. The molecule has 78 valence electrons. The average Bonchev–Trinajstić information content (AvgIpc) is 2.12. The first kappa shape index (κ1) is 12.4. The van der Waals surface area contributed by atoms with Gasteiger partial charge in [0, 0.05) is 13.1 Å². The number of carbonyl (C=O) groups is 1. The number of carbonyl (C=O) groups excluding carboxylic acids is 1. The fourth-order valence-corrected chi connectivity index (χ4v) is 1.17. The quantitative estimate of drug-likeness (QED) is 0.702. The van der Waals surface area contributed by atoms with Gasteiger partial charge in [-0.25, -0.2) is 0 Å². The highest BCUT2D eigenvalue weighted by atomic mass is 16.2. The highest BCUT2D eigenvalue weighted by molar-refractivity contribution is 5.81. The van der Waals surface area contributed by atoms with Crippen LogP contribution in [0, 0.1) is 5.92 Å². The third kappa shape index (κ3) is 4.27. The molecule has 13 heavy (non-hydrogen) atoms. The maximum atomic E-state index is 11.5. The average molecular weight is 186 g/mol. The predicted octanol–water partition coefficient (Wildman–Crippen LogP) is 1.23. The number of likely N-dealkylation sites (N-methyl/N-ethyl adjacent to an activating group) is 1. The molecule has 0 radical (unpaired) electrons. The van der Waals surface area contributed by atoms with Crippen molar-refractivity contribution in [2.75, 3.05) is 13.1 Å². The number of nitrogens with two attached hydrogens (primary N) is 1. The summed E-state index contributed by atoms with van der Waals surface area (Å²) in [5, 5.41) is 0. The first-order valence-electron chi connectivity index (χ1n) is 5.07. The van der Waals surface area contributed by atoms with Gasteiger partial charge < -0.3 is 10.6 Å². The van der Waals surface area contributed by atoms with Crippen molar-refractivity contribution in [2.24, 2.45) is 11.7 Å². The van der Waals surface area contributed by atoms with E-state index in [1.54, 1.807) is 6.92 Å². The Bertz CT molecular complexity index is 157. The molecule has 0 saturated heterocycles. The Kier molecular flexibility index (Phi) is 5.71. The molecular formula is C10H22N2O. The van der Waals surface area contributed by atoms with Gasteiger partial charge in [-0.05, 0) is 19.8 Å². The van der Waals surface area contributed by atoms with Gasteiger partial charge in [0.05, 0.1) is 6.04 Å². The van der Waals surface area contributed by atoms with E-state index in [2.05, 4.69) is 13.8 Å². The second-order valence-electron chi connectivity index (χ2n) is 3.68. The lowest BCUT2D eigenvalue weighted by Gasteiger charge is -2.25. The summed E-state index contributed by atoms with van der Waals surface area (Å²) in [5.41, 5.74) is 5.54. The van der Waals surface area contributed by atoms with Crippen LogP contribution in [0.2, 0.25) is 0 Å². The van der Waals surface area contributed by atoms with Crippen molar-refractivity contribution in [1.29, 1.82) is 0 Å². The van der Waals surface area contributed by atoms with Crippen LogP contribution >= 0.6 is 0 Å². The van der Waals surface area contributed by atoms with Crippen LogP contribution in [0.3, 0.4) is 0 Å². The smallest absolute Gasteiger partial charge is 0.239 e. The molecule has 0 aromatic rings. The van der Waals surface area contributed by atoms with Crippen LogP contribution in [0.1, 0.15) is 34.1 Å². The van der Waals surface area contributed by atoms with Crippen molar-refractivity contribution in [3.8, 4) is 0 Å². The fraction of sp³-hybridized carbons (Fsp3) is 0.900. The molecule has 0 aliphatic heterocycles. The van der Waals surface area contributed by atoms with Gasteiger partial charge in [0.15, 0.2) is 0 Å². The number of hydrogen-bond acceptors (Lipinski definition) is 2. The first-order chi connectivity index (χ1) is 6.02. The molecule has 0 aliphatic rings. The van der Waals surface area contributed by atoms with Gasteiger partial charge in [-0.15, -0.1) is 0 Å². The van der Waals surface area contributed by atoms with E-state index in [0.29, 0.717) is 5.92 Å². The maximum Gasteiger partial charge on any atom is 0.239 e. The summed E-state index contributed by atoms with van der Waals surface area (Å²) < 4.78 is 0. The van der Waals surface area contributed by atoms with Crippen LogP contribution in [-0.2, 0) is 4.79 Å². The Labute approximate surface area is 81.3 Å². The van der Waals surface area contributed by atoms with Crippen molar-refractivity contribution >= 4 is 5.91 Å². The Morgan fingerprint density at radius 1 is 1.38 bits per heavy atom. The molecule has 3 heteroatoms. The second-order valence-corrected chi connectivity index (χ2v) is 3.68. The number of amides is 1. The van der Waals surface area contributed by atoms with E-state index in [0.717, 1.165) is 19.5 Å². The number of nitrogens with zero attached hydrogens (tertiary/aromatic N) is 1. The van der Waals surface area contributed by atoms with Crippen molar-refractivity contribution in [3.63, 3.8) is 0 Å². The van der Waals surface area contributed by atoms with Gasteiger partial charge in [-0.2, -0.15) is 0 Å². The van der Waals surface area contributed by atoms with E-state index in [-0.39, 0.29) is 11.9 Å². The Morgan fingerprint density at radius 3 is 2.23 bits per heavy atom. The zero-order valence-corrected chi connectivity index (χ0v) is 9.21. The molecule has 0 aromatic carbocycles. The molecule has 0 bridgehead atoms. The van der Waals surface area contributed by atoms with Crippen molar-refractivity contribution < 1.29 is 4.79 Å². The zero-order chi connectivity index (χ0) is 10.4. The SMILES string of the molecule is CCC(C)CN(CC)C(=O)[C@H](C)N. The number of rotatable bonds is 5. The largest absolute Gasteiger partial charge is 0.341 e. The third-order valence-corrected chi connectivity index (χ3v) is 2.31. The van der Waals surface area contributed by atoms with Gasteiger partial charge in [0.2, 0.25) is 5.91 Å². The lowest BCUT2D eigenvalue weighted by molar-refractivity contribution is -0.132. The minimum Gasteiger partial charge on any atom is -0.341 e. The molecule has 0 aromatic heterocycles. The summed E-state index contributed by atoms with van der Waals surface area (Å²) in [5.74, 6) is 0.616. The lowest BCUT2D eigenvalue weighted by Crippen LogP contribution is -2.43. The molecular weight excluding hydrogens is 164 g/mol. The molecule has 0 spiro atoms. The van der Waals surface area contributed by atoms with Gasteiger partial charge in [0.25, 0.3) is 0 Å². The molecule has 0 saturated carbocycles. The monoisotopic (exact) mass is 186 g/mol. The highest BCUT2D eigenvalue weighted by Crippen LogP contribution is 2.05. The molecule has 1 unspecified atom stereocenters. The molecule has 0 heterocycles. The number of hydrogen-bond donors (Lipinski definition) is 1. The minimum absolute atomic E-state index is 0.0581. The van der Waals surface area contributed by atoms with Gasteiger partial charge in [-0.1, -0.05) is 20.3 Å². The van der Waals surface area contributed by atoms with E-state index >= 15 is 0 Å². The predicted molar refractivity (Wildman–Crippen MR) is 55.4 cm³/mol. The van der Waals surface area contributed by atoms with Gasteiger partial charge in [-0.3, -0.25) is 4.79 Å². The van der Waals surface area contributed by atoms with E-state index in [4.69, 9.17) is 5.73 Å². The lowest BCUT2D eigenvalue weighted by atomic mass is 10.1. The third-order valence-electron chi connectivity index (χ3n) is 2.31. The van der Waals surface area contributed by atoms with Crippen LogP contribution in [-0.4, -0.2) is 29.9 Å². The van der Waals surface area contributed by atoms with E-state index < -0.39 is 0 Å². The van der Waals surface area contributed by atoms with E-state index in [9.17, 15) is 4.79 Å². The van der Waals surface area contributed by atoms with Crippen LogP contribution in [0.25, 0.3) is 0 Å².